The Labute approximate surface area is 87.2 Å². The quantitative estimate of drug-likeness (QED) is 0.808. The Morgan fingerprint density at radius 2 is 2.27 bits per heavy atom. The molecule has 0 aliphatic carbocycles. The van der Waals surface area contributed by atoms with Crippen LogP contribution in [-0.2, 0) is 11.2 Å². The highest BCUT2D eigenvalue weighted by atomic mass is 16.4. The molecule has 2 heterocycles. The molecule has 0 radical (unpaired) electrons. The van der Waals surface area contributed by atoms with Crippen LogP contribution in [0.2, 0.25) is 0 Å². The van der Waals surface area contributed by atoms with Crippen LogP contribution >= 0.6 is 0 Å². The summed E-state index contributed by atoms with van der Waals surface area (Å²) in [6.07, 6.45) is 1.80. The molecule has 15 heavy (non-hydrogen) atoms. The number of hydrogen-bond donors (Lipinski definition) is 1. The van der Waals surface area contributed by atoms with Crippen molar-refractivity contribution >= 4 is 11.5 Å². The summed E-state index contributed by atoms with van der Waals surface area (Å²) < 4.78 is 1.85. The number of nitrogens with zero attached hydrogens (tertiary/aromatic N) is 2. The van der Waals surface area contributed by atoms with E-state index in [-0.39, 0.29) is 6.42 Å². The third-order valence-electron chi connectivity index (χ3n) is 2.42. The lowest BCUT2D eigenvalue weighted by molar-refractivity contribution is -0.136. The third kappa shape index (κ3) is 1.58. The summed E-state index contributed by atoms with van der Waals surface area (Å²) in [6, 6.07) is 3.89. The molecule has 0 aromatic carbocycles. The molecule has 0 unspecified atom stereocenters. The molecule has 2 aromatic rings. The normalized spacial score (nSPS) is 10.8. The van der Waals surface area contributed by atoms with E-state index >= 15 is 0 Å². The first-order valence-electron chi connectivity index (χ1n) is 4.74. The lowest BCUT2D eigenvalue weighted by atomic mass is 10.2. The molecule has 78 valence electrons. The van der Waals surface area contributed by atoms with Crippen LogP contribution in [0.5, 0.6) is 0 Å². The van der Waals surface area contributed by atoms with Crippen molar-refractivity contribution in [1.82, 2.24) is 9.38 Å². The van der Waals surface area contributed by atoms with E-state index in [0.29, 0.717) is 5.82 Å². The van der Waals surface area contributed by atoms with E-state index in [0.717, 1.165) is 16.8 Å². The minimum Gasteiger partial charge on any atom is -0.481 e. The molecule has 0 aliphatic heterocycles. The zero-order chi connectivity index (χ0) is 11.0. The van der Waals surface area contributed by atoms with Crippen LogP contribution in [-0.4, -0.2) is 20.5 Å². The summed E-state index contributed by atoms with van der Waals surface area (Å²) in [7, 11) is 0. The smallest absolute Gasteiger partial charge is 0.311 e. The maximum absolute atomic E-state index is 10.7. The first kappa shape index (κ1) is 9.71. The molecule has 1 N–H and O–H groups in total. The molecular formula is C11H12N2O2. The highest BCUT2D eigenvalue weighted by Gasteiger charge is 2.11. The Balaban J connectivity index is 2.68. The fourth-order valence-electron chi connectivity index (χ4n) is 1.85. The highest BCUT2D eigenvalue weighted by Crippen LogP contribution is 2.16. The maximum atomic E-state index is 10.7. The summed E-state index contributed by atoms with van der Waals surface area (Å²) in [5.74, 6) is -0.276. The molecule has 0 saturated carbocycles. The van der Waals surface area contributed by atoms with Crippen LogP contribution in [0.4, 0.5) is 0 Å². The number of fused-ring (bicyclic) bond motifs is 1. The van der Waals surface area contributed by atoms with Crippen molar-refractivity contribution in [2.75, 3.05) is 0 Å². The van der Waals surface area contributed by atoms with Crippen LogP contribution in [0, 0.1) is 13.8 Å². The molecule has 2 aromatic heterocycles. The minimum absolute atomic E-state index is 0.0432. The third-order valence-corrected chi connectivity index (χ3v) is 2.42. The topological polar surface area (TPSA) is 54.6 Å². The first-order valence-corrected chi connectivity index (χ1v) is 4.74. The molecule has 0 aliphatic rings. The largest absolute Gasteiger partial charge is 0.481 e. The molecule has 0 bridgehead atoms. The average Bonchev–Trinajstić information content (AvgIpc) is 2.44. The number of aromatic nitrogens is 2. The van der Waals surface area contributed by atoms with Gasteiger partial charge >= 0.3 is 5.97 Å². The second-order valence-corrected chi connectivity index (χ2v) is 3.59. The van der Waals surface area contributed by atoms with E-state index in [9.17, 15) is 4.79 Å². The zero-order valence-corrected chi connectivity index (χ0v) is 8.69. The molecule has 0 fully saturated rings. The van der Waals surface area contributed by atoms with Gasteiger partial charge in [0.05, 0.1) is 11.2 Å². The van der Waals surface area contributed by atoms with Crippen molar-refractivity contribution in [1.29, 1.82) is 0 Å². The number of aliphatic carboxylic acids is 1. The van der Waals surface area contributed by atoms with Gasteiger partial charge in [0.1, 0.15) is 12.2 Å². The molecule has 0 atom stereocenters. The number of carbonyl (C=O) groups is 1. The van der Waals surface area contributed by atoms with E-state index in [2.05, 4.69) is 4.98 Å². The summed E-state index contributed by atoms with van der Waals surface area (Å²) in [4.78, 5) is 14.9. The molecule has 0 saturated heterocycles. The summed E-state index contributed by atoms with van der Waals surface area (Å²) in [6.45, 7) is 3.89. The van der Waals surface area contributed by atoms with Gasteiger partial charge in [0, 0.05) is 6.20 Å². The summed E-state index contributed by atoms with van der Waals surface area (Å²) >= 11 is 0. The molecule has 0 spiro atoms. The Morgan fingerprint density at radius 1 is 1.53 bits per heavy atom. The number of imidazole rings is 1. The van der Waals surface area contributed by atoms with E-state index in [1.807, 2.05) is 36.6 Å². The maximum Gasteiger partial charge on any atom is 0.311 e. The first-order chi connectivity index (χ1) is 7.09. The van der Waals surface area contributed by atoms with Crippen LogP contribution in [0.1, 0.15) is 17.1 Å². The van der Waals surface area contributed by atoms with Crippen molar-refractivity contribution < 1.29 is 9.90 Å². The number of rotatable bonds is 2. The highest BCUT2D eigenvalue weighted by molar-refractivity contribution is 5.70. The fourth-order valence-corrected chi connectivity index (χ4v) is 1.85. The Kier molecular flexibility index (Phi) is 2.19. The minimum atomic E-state index is -0.858. The van der Waals surface area contributed by atoms with Gasteiger partial charge in [-0.15, -0.1) is 0 Å². The average molecular weight is 204 g/mol. The van der Waals surface area contributed by atoms with Gasteiger partial charge in [0.25, 0.3) is 0 Å². The van der Waals surface area contributed by atoms with Gasteiger partial charge in [-0.25, -0.2) is 4.98 Å². The van der Waals surface area contributed by atoms with Gasteiger partial charge in [0.15, 0.2) is 0 Å². The number of hydrogen-bond acceptors (Lipinski definition) is 2. The van der Waals surface area contributed by atoms with Gasteiger partial charge in [-0.3, -0.25) is 4.79 Å². The van der Waals surface area contributed by atoms with Gasteiger partial charge in [-0.1, -0.05) is 6.07 Å². The lowest BCUT2D eigenvalue weighted by Gasteiger charge is -2.00. The Morgan fingerprint density at radius 3 is 2.93 bits per heavy atom. The number of carboxylic acid groups (broad SMARTS) is 1. The van der Waals surface area contributed by atoms with Crippen LogP contribution in [0.15, 0.2) is 18.3 Å². The Hall–Kier alpha value is -1.84. The monoisotopic (exact) mass is 204 g/mol. The van der Waals surface area contributed by atoms with Crippen LogP contribution in [0.3, 0.4) is 0 Å². The molecular weight excluding hydrogens is 192 g/mol. The van der Waals surface area contributed by atoms with Crippen molar-refractivity contribution in [2.24, 2.45) is 0 Å². The molecule has 4 heteroatoms. The van der Waals surface area contributed by atoms with E-state index in [1.54, 1.807) is 0 Å². The van der Waals surface area contributed by atoms with Gasteiger partial charge in [-0.05, 0) is 25.5 Å². The van der Waals surface area contributed by atoms with E-state index in [4.69, 9.17) is 5.11 Å². The molecule has 4 nitrogen and oxygen atoms in total. The second-order valence-electron chi connectivity index (χ2n) is 3.59. The van der Waals surface area contributed by atoms with Gasteiger partial charge in [0.2, 0.25) is 0 Å². The van der Waals surface area contributed by atoms with Gasteiger partial charge < -0.3 is 9.51 Å². The summed E-state index contributed by atoms with van der Waals surface area (Å²) in [5.41, 5.74) is 3.00. The predicted octanol–water partition coefficient (Wildman–Crippen LogP) is 1.58. The molecule has 2 rings (SSSR count). The molecule has 0 amide bonds. The van der Waals surface area contributed by atoms with E-state index in [1.165, 1.54) is 0 Å². The standard InChI is InChI=1S/C11H12N2O2/c1-7-4-3-5-13-9(6-10(14)15)12-8(2)11(7)13/h3-5H,6H2,1-2H3,(H,14,15). The number of aryl methyl sites for hydroxylation is 2. The Bertz CT molecular complexity index is 529. The van der Waals surface area contributed by atoms with Crippen LogP contribution < -0.4 is 0 Å². The predicted molar refractivity (Wildman–Crippen MR) is 56.0 cm³/mol. The van der Waals surface area contributed by atoms with E-state index < -0.39 is 5.97 Å². The summed E-state index contributed by atoms with van der Waals surface area (Å²) in [5, 5.41) is 8.75. The lowest BCUT2D eigenvalue weighted by Crippen LogP contribution is -2.04. The second kappa shape index (κ2) is 3.38. The SMILES string of the molecule is Cc1cccn2c(CC(=O)O)nc(C)c12. The number of pyridine rings is 1. The van der Waals surface area contributed by atoms with Gasteiger partial charge in [-0.2, -0.15) is 0 Å². The van der Waals surface area contributed by atoms with Crippen molar-refractivity contribution in [2.45, 2.75) is 20.3 Å². The zero-order valence-electron chi connectivity index (χ0n) is 8.69. The van der Waals surface area contributed by atoms with Crippen molar-refractivity contribution in [3.05, 3.63) is 35.4 Å². The fraction of sp³-hybridized carbons (Fsp3) is 0.273. The van der Waals surface area contributed by atoms with Crippen molar-refractivity contribution in [3.63, 3.8) is 0 Å². The van der Waals surface area contributed by atoms with Crippen molar-refractivity contribution in [3.8, 4) is 0 Å². The van der Waals surface area contributed by atoms with Crippen LogP contribution in [0.25, 0.3) is 5.52 Å². The number of carboxylic acids is 1.